The quantitative estimate of drug-likeness (QED) is 0.630. The third-order valence-electron chi connectivity index (χ3n) is 3.54. The first-order valence-corrected chi connectivity index (χ1v) is 5.79. The smallest absolute Gasteiger partial charge is 0.320 e. The highest BCUT2D eigenvalue weighted by Gasteiger charge is 2.38. The molecule has 86 valence electrons. The maximum Gasteiger partial charge on any atom is 0.320 e. The van der Waals surface area contributed by atoms with E-state index in [0.717, 1.165) is 38.5 Å². The lowest BCUT2D eigenvalue weighted by Gasteiger charge is -2.25. The van der Waals surface area contributed by atoms with Crippen LogP contribution in [0.3, 0.4) is 0 Å². The van der Waals surface area contributed by atoms with E-state index in [9.17, 15) is 9.90 Å². The third-order valence-corrected chi connectivity index (χ3v) is 3.54. The zero-order chi connectivity index (χ0) is 10.9. The van der Waals surface area contributed by atoms with Crippen LogP contribution >= 0.6 is 0 Å². The zero-order valence-electron chi connectivity index (χ0n) is 8.91. The van der Waals surface area contributed by atoms with E-state index in [2.05, 4.69) is 5.32 Å². The van der Waals surface area contributed by atoms with E-state index in [4.69, 9.17) is 5.11 Å². The van der Waals surface area contributed by atoms with Crippen LogP contribution in [0.5, 0.6) is 0 Å². The number of rotatable bonds is 5. The van der Waals surface area contributed by atoms with Crippen LogP contribution in [0.15, 0.2) is 0 Å². The van der Waals surface area contributed by atoms with Gasteiger partial charge in [0.05, 0.1) is 5.60 Å². The highest BCUT2D eigenvalue weighted by molar-refractivity contribution is 5.74. The first kappa shape index (κ1) is 10.9. The first-order valence-electron chi connectivity index (χ1n) is 5.79. The molecule has 2 fully saturated rings. The second-order valence-corrected chi connectivity index (χ2v) is 4.97. The van der Waals surface area contributed by atoms with Crippen LogP contribution in [-0.4, -0.2) is 34.4 Å². The lowest BCUT2D eigenvalue weighted by atomic mass is 10.0. The predicted octanol–water partition coefficient (Wildman–Crippen LogP) is 0.744. The molecule has 1 unspecified atom stereocenters. The number of carbonyl (C=O) groups is 1. The second kappa shape index (κ2) is 4.10. The van der Waals surface area contributed by atoms with E-state index in [1.54, 1.807) is 0 Å². The molecule has 4 heteroatoms. The molecule has 1 atom stereocenters. The van der Waals surface area contributed by atoms with Crippen molar-refractivity contribution in [2.75, 3.05) is 6.54 Å². The summed E-state index contributed by atoms with van der Waals surface area (Å²) in [4.78, 5) is 10.9. The van der Waals surface area contributed by atoms with Gasteiger partial charge in [-0.05, 0) is 31.6 Å². The fraction of sp³-hybridized carbons (Fsp3) is 0.909. The van der Waals surface area contributed by atoms with Gasteiger partial charge in [0.1, 0.15) is 6.04 Å². The number of carboxylic acids is 1. The Balaban J connectivity index is 1.82. The van der Waals surface area contributed by atoms with Gasteiger partial charge in [-0.25, -0.2) is 0 Å². The predicted molar refractivity (Wildman–Crippen MR) is 55.6 cm³/mol. The van der Waals surface area contributed by atoms with Crippen LogP contribution in [0.25, 0.3) is 0 Å². The monoisotopic (exact) mass is 213 g/mol. The van der Waals surface area contributed by atoms with E-state index in [0.29, 0.717) is 6.54 Å². The molecule has 2 aliphatic rings. The average molecular weight is 213 g/mol. The van der Waals surface area contributed by atoms with E-state index < -0.39 is 17.6 Å². The van der Waals surface area contributed by atoms with Crippen LogP contribution in [0.1, 0.15) is 38.5 Å². The van der Waals surface area contributed by atoms with Crippen molar-refractivity contribution in [1.82, 2.24) is 5.32 Å². The lowest BCUT2D eigenvalue weighted by Crippen LogP contribution is -2.47. The summed E-state index contributed by atoms with van der Waals surface area (Å²) in [5.41, 5.74) is -0.650. The van der Waals surface area contributed by atoms with Crippen molar-refractivity contribution in [2.24, 2.45) is 5.92 Å². The Hall–Kier alpha value is -0.610. The van der Waals surface area contributed by atoms with Gasteiger partial charge in [-0.1, -0.05) is 12.8 Å². The van der Waals surface area contributed by atoms with Crippen LogP contribution in [0.2, 0.25) is 0 Å². The average Bonchev–Trinajstić information content (AvgIpc) is 2.90. The van der Waals surface area contributed by atoms with E-state index in [1.807, 2.05) is 0 Å². The number of nitrogens with one attached hydrogen (secondary N) is 1. The fourth-order valence-corrected chi connectivity index (χ4v) is 2.39. The summed E-state index contributed by atoms with van der Waals surface area (Å²) in [6, 6.07) is -0.449. The molecule has 0 amide bonds. The minimum atomic E-state index is -0.779. The second-order valence-electron chi connectivity index (χ2n) is 4.97. The molecular formula is C11H19NO3. The molecule has 0 saturated heterocycles. The molecule has 0 spiro atoms. The molecule has 2 rings (SSSR count). The SMILES string of the molecule is O=C(O)C(NCC1(O)CCCC1)C1CC1. The summed E-state index contributed by atoms with van der Waals surface area (Å²) in [7, 11) is 0. The van der Waals surface area contributed by atoms with Crippen LogP contribution in [-0.2, 0) is 4.79 Å². The van der Waals surface area contributed by atoms with Gasteiger partial charge in [0, 0.05) is 6.54 Å². The van der Waals surface area contributed by atoms with Gasteiger partial charge in [-0.15, -0.1) is 0 Å². The lowest BCUT2D eigenvalue weighted by molar-refractivity contribution is -0.140. The minimum Gasteiger partial charge on any atom is -0.480 e. The first-order chi connectivity index (χ1) is 7.11. The Kier molecular flexibility index (Phi) is 2.98. The van der Waals surface area contributed by atoms with Crippen molar-refractivity contribution in [1.29, 1.82) is 0 Å². The van der Waals surface area contributed by atoms with E-state index in [1.165, 1.54) is 0 Å². The standard InChI is InChI=1S/C11H19NO3/c13-10(14)9(8-3-4-8)12-7-11(15)5-1-2-6-11/h8-9,12,15H,1-7H2,(H,13,14). The summed E-state index contributed by atoms with van der Waals surface area (Å²) in [5.74, 6) is -0.494. The number of hydrogen-bond donors (Lipinski definition) is 3. The van der Waals surface area contributed by atoms with Gasteiger partial charge in [-0.3, -0.25) is 4.79 Å². The van der Waals surface area contributed by atoms with E-state index in [-0.39, 0.29) is 5.92 Å². The van der Waals surface area contributed by atoms with Gasteiger partial charge >= 0.3 is 5.97 Å². The molecule has 0 aliphatic heterocycles. The summed E-state index contributed by atoms with van der Waals surface area (Å²) in [5, 5.41) is 22.1. The summed E-state index contributed by atoms with van der Waals surface area (Å²) in [6.45, 7) is 0.431. The molecule has 2 aliphatic carbocycles. The van der Waals surface area contributed by atoms with Crippen molar-refractivity contribution in [2.45, 2.75) is 50.2 Å². The van der Waals surface area contributed by atoms with Crippen molar-refractivity contribution >= 4 is 5.97 Å². The number of aliphatic carboxylic acids is 1. The van der Waals surface area contributed by atoms with Crippen molar-refractivity contribution < 1.29 is 15.0 Å². The molecule has 0 radical (unpaired) electrons. The molecular weight excluding hydrogens is 194 g/mol. The highest BCUT2D eigenvalue weighted by atomic mass is 16.4. The normalized spacial score (nSPS) is 26.5. The fourth-order valence-electron chi connectivity index (χ4n) is 2.39. The summed E-state index contributed by atoms with van der Waals surface area (Å²) < 4.78 is 0. The largest absolute Gasteiger partial charge is 0.480 e. The van der Waals surface area contributed by atoms with Gasteiger partial charge in [0.15, 0.2) is 0 Å². The minimum absolute atomic E-state index is 0.285. The van der Waals surface area contributed by atoms with Gasteiger partial charge in [0.25, 0.3) is 0 Å². The Bertz CT molecular complexity index is 244. The molecule has 0 bridgehead atoms. The maximum absolute atomic E-state index is 10.9. The number of aliphatic hydroxyl groups is 1. The highest BCUT2D eigenvalue weighted by Crippen LogP contribution is 2.34. The van der Waals surface area contributed by atoms with Crippen molar-refractivity contribution in [3.63, 3.8) is 0 Å². The zero-order valence-corrected chi connectivity index (χ0v) is 8.91. The molecule has 2 saturated carbocycles. The number of carboxylic acid groups (broad SMARTS) is 1. The molecule has 0 aromatic carbocycles. The van der Waals surface area contributed by atoms with Gasteiger partial charge in [-0.2, -0.15) is 0 Å². The molecule has 0 heterocycles. The maximum atomic E-state index is 10.9. The van der Waals surface area contributed by atoms with Gasteiger partial charge < -0.3 is 15.5 Å². The number of hydrogen-bond acceptors (Lipinski definition) is 3. The van der Waals surface area contributed by atoms with Crippen molar-refractivity contribution in [3.05, 3.63) is 0 Å². The van der Waals surface area contributed by atoms with Crippen LogP contribution < -0.4 is 5.32 Å². The third kappa shape index (κ3) is 2.69. The molecule has 4 nitrogen and oxygen atoms in total. The van der Waals surface area contributed by atoms with Gasteiger partial charge in [0.2, 0.25) is 0 Å². The molecule has 0 aromatic heterocycles. The Morgan fingerprint density at radius 3 is 2.47 bits per heavy atom. The Morgan fingerprint density at radius 2 is 2.00 bits per heavy atom. The van der Waals surface area contributed by atoms with Crippen LogP contribution in [0, 0.1) is 5.92 Å². The summed E-state index contributed by atoms with van der Waals surface area (Å²) >= 11 is 0. The Morgan fingerprint density at radius 1 is 1.40 bits per heavy atom. The molecule has 15 heavy (non-hydrogen) atoms. The summed E-state index contributed by atoms with van der Waals surface area (Å²) in [6.07, 6.45) is 5.72. The Labute approximate surface area is 89.7 Å². The van der Waals surface area contributed by atoms with Crippen molar-refractivity contribution in [3.8, 4) is 0 Å². The molecule has 3 N–H and O–H groups in total. The van der Waals surface area contributed by atoms with Crippen LogP contribution in [0.4, 0.5) is 0 Å². The molecule has 0 aromatic rings. The topological polar surface area (TPSA) is 69.6 Å². The van der Waals surface area contributed by atoms with E-state index >= 15 is 0 Å².